The Balaban J connectivity index is 2.00. The summed E-state index contributed by atoms with van der Waals surface area (Å²) in [6, 6.07) is 5.94. The summed E-state index contributed by atoms with van der Waals surface area (Å²) in [6.07, 6.45) is 1.41. The number of aromatic amines is 1. The van der Waals surface area contributed by atoms with Crippen molar-refractivity contribution in [2.45, 2.75) is 6.04 Å². The lowest BCUT2D eigenvalue weighted by molar-refractivity contribution is 0.0211. The maximum Gasteiger partial charge on any atom is 0.258 e. The highest BCUT2D eigenvalue weighted by atomic mass is 16.5. The fraction of sp³-hybridized carbons (Fsp3) is 0.273. The molecule has 0 amide bonds. The number of hydrogen-bond acceptors (Lipinski definition) is 4. The van der Waals surface area contributed by atoms with Gasteiger partial charge in [0, 0.05) is 5.69 Å². The summed E-state index contributed by atoms with van der Waals surface area (Å²) < 4.78 is 5.08. The van der Waals surface area contributed by atoms with E-state index in [1.165, 1.54) is 6.33 Å². The zero-order chi connectivity index (χ0) is 11.0. The molecule has 2 aromatic rings. The third kappa shape index (κ3) is 1.55. The number of rotatable bonds is 2. The Morgan fingerprint density at radius 2 is 2.31 bits per heavy atom. The molecule has 1 fully saturated rings. The summed E-state index contributed by atoms with van der Waals surface area (Å²) in [5.41, 5.74) is 1.52. The summed E-state index contributed by atoms with van der Waals surface area (Å²) in [5, 5.41) is 3.90. The standard InChI is InChI=1S/C11H11N3O2/c15-11-9-3-7(14-8-4-16-5-8)1-2-10(9)12-6-13-11/h1-3,6,8,14H,4-5H2,(H,12,13,15). The minimum absolute atomic E-state index is 0.112. The molecular formula is C11H11N3O2. The topological polar surface area (TPSA) is 67.0 Å². The number of nitrogens with one attached hydrogen (secondary N) is 2. The SMILES string of the molecule is O=c1[nH]cnc2ccc(NC3COC3)cc12. The molecule has 16 heavy (non-hydrogen) atoms. The van der Waals surface area contributed by atoms with Crippen molar-refractivity contribution in [3.8, 4) is 0 Å². The van der Waals surface area contributed by atoms with Crippen LogP contribution in [-0.4, -0.2) is 29.2 Å². The van der Waals surface area contributed by atoms with Gasteiger partial charge in [0.15, 0.2) is 0 Å². The predicted octanol–water partition coefficient (Wildman–Crippen LogP) is 0.734. The number of H-pyrrole nitrogens is 1. The van der Waals surface area contributed by atoms with E-state index in [2.05, 4.69) is 15.3 Å². The third-order valence-corrected chi connectivity index (χ3v) is 2.65. The van der Waals surface area contributed by atoms with Crippen LogP contribution < -0.4 is 10.9 Å². The third-order valence-electron chi connectivity index (χ3n) is 2.65. The van der Waals surface area contributed by atoms with Gasteiger partial charge in [-0.2, -0.15) is 0 Å². The second-order valence-corrected chi connectivity index (χ2v) is 3.84. The van der Waals surface area contributed by atoms with Gasteiger partial charge in [0.2, 0.25) is 0 Å². The van der Waals surface area contributed by atoms with Crippen molar-refractivity contribution in [3.63, 3.8) is 0 Å². The van der Waals surface area contributed by atoms with E-state index in [9.17, 15) is 4.79 Å². The average molecular weight is 217 g/mol. The molecule has 1 aromatic heterocycles. The van der Waals surface area contributed by atoms with Gasteiger partial charge in [0.1, 0.15) is 0 Å². The van der Waals surface area contributed by atoms with Crippen molar-refractivity contribution >= 4 is 16.6 Å². The van der Waals surface area contributed by atoms with Crippen LogP contribution in [-0.2, 0) is 4.74 Å². The Morgan fingerprint density at radius 3 is 3.06 bits per heavy atom. The monoisotopic (exact) mass is 217 g/mol. The molecule has 1 saturated heterocycles. The number of hydrogen-bond donors (Lipinski definition) is 2. The summed E-state index contributed by atoms with van der Waals surface area (Å²) in [4.78, 5) is 18.2. The van der Waals surface area contributed by atoms with Crippen LogP contribution in [0, 0.1) is 0 Å². The van der Waals surface area contributed by atoms with Gasteiger partial charge >= 0.3 is 0 Å². The first-order valence-electron chi connectivity index (χ1n) is 5.15. The molecule has 2 heterocycles. The van der Waals surface area contributed by atoms with Crippen molar-refractivity contribution in [3.05, 3.63) is 34.9 Å². The van der Waals surface area contributed by atoms with Crippen molar-refractivity contribution in [2.75, 3.05) is 18.5 Å². The summed E-state index contributed by atoms with van der Waals surface area (Å²) in [6.45, 7) is 1.45. The van der Waals surface area contributed by atoms with Gasteiger partial charge in [-0.25, -0.2) is 4.98 Å². The molecule has 1 aliphatic rings. The van der Waals surface area contributed by atoms with Crippen LogP contribution >= 0.6 is 0 Å². The van der Waals surface area contributed by atoms with Crippen molar-refractivity contribution < 1.29 is 4.74 Å². The molecule has 0 bridgehead atoms. The normalized spacial score (nSPS) is 16.0. The van der Waals surface area contributed by atoms with Gasteiger partial charge in [0.25, 0.3) is 5.56 Å². The van der Waals surface area contributed by atoms with E-state index in [0.717, 1.165) is 18.9 Å². The molecule has 82 valence electrons. The summed E-state index contributed by atoms with van der Waals surface area (Å²) in [5.74, 6) is 0. The highest BCUT2D eigenvalue weighted by molar-refractivity contribution is 5.81. The number of ether oxygens (including phenoxy) is 1. The molecule has 0 saturated carbocycles. The molecule has 0 atom stereocenters. The van der Waals surface area contributed by atoms with Gasteiger partial charge < -0.3 is 15.0 Å². The average Bonchev–Trinajstić information content (AvgIpc) is 2.24. The van der Waals surface area contributed by atoms with Gasteiger partial charge in [-0.1, -0.05) is 0 Å². The fourth-order valence-electron chi connectivity index (χ4n) is 1.71. The lowest BCUT2D eigenvalue weighted by atomic mass is 10.2. The zero-order valence-corrected chi connectivity index (χ0v) is 8.56. The van der Waals surface area contributed by atoms with Crippen LogP contribution in [0.5, 0.6) is 0 Å². The highest BCUT2D eigenvalue weighted by Gasteiger charge is 2.17. The minimum Gasteiger partial charge on any atom is -0.378 e. The number of fused-ring (bicyclic) bond motifs is 1. The van der Waals surface area contributed by atoms with Crippen molar-refractivity contribution in [1.29, 1.82) is 0 Å². The lowest BCUT2D eigenvalue weighted by Gasteiger charge is -2.27. The molecule has 2 N–H and O–H groups in total. The minimum atomic E-state index is -0.112. The van der Waals surface area contributed by atoms with Crippen LogP contribution in [0.2, 0.25) is 0 Å². The molecule has 5 nitrogen and oxygen atoms in total. The first kappa shape index (κ1) is 9.35. The second-order valence-electron chi connectivity index (χ2n) is 3.84. The van der Waals surface area contributed by atoms with E-state index in [4.69, 9.17) is 4.74 Å². The Kier molecular flexibility index (Phi) is 2.11. The van der Waals surface area contributed by atoms with Crippen molar-refractivity contribution in [1.82, 2.24) is 9.97 Å². The van der Waals surface area contributed by atoms with Crippen molar-refractivity contribution in [2.24, 2.45) is 0 Å². The molecule has 1 aromatic carbocycles. The van der Waals surface area contributed by atoms with Crippen LogP contribution in [0.3, 0.4) is 0 Å². The maximum absolute atomic E-state index is 11.6. The first-order valence-corrected chi connectivity index (χ1v) is 5.15. The number of anilines is 1. The Morgan fingerprint density at radius 1 is 1.44 bits per heavy atom. The molecule has 0 radical (unpaired) electrons. The molecule has 3 rings (SSSR count). The lowest BCUT2D eigenvalue weighted by Crippen LogP contribution is -2.40. The predicted molar refractivity (Wildman–Crippen MR) is 60.6 cm³/mol. The van der Waals surface area contributed by atoms with E-state index in [1.807, 2.05) is 18.2 Å². The first-order chi connectivity index (χ1) is 7.83. The smallest absolute Gasteiger partial charge is 0.258 e. The molecule has 0 unspecified atom stereocenters. The highest BCUT2D eigenvalue weighted by Crippen LogP contribution is 2.16. The second kappa shape index (κ2) is 3.61. The van der Waals surface area contributed by atoms with Gasteiger partial charge in [-0.3, -0.25) is 4.79 Å². The molecule has 0 aliphatic carbocycles. The van der Waals surface area contributed by atoms with Crippen LogP contribution in [0.15, 0.2) is 29.3 Å². The molecule has 5 heteroatoms. The van der Waals surface area contributed by atoms with E-state index < -0.39 is 0 Å². The Hall–Kier alpha value is -1.88. The van der Waals surface area contributed by atoms with Gasteiger partial charge in [0.05, 0.1) is 36.5 Å². The van der Waals surface area contributed by atoms with Crippen LogP contribution in [0.4, 0.5) is 5.69 Å². The van der Waals surface area contributed by atoms with Crippen LogP contribution in [0.25, 0.3) is 10.9 Å². The van der Waals surface area contributed by atoms with E-state index >= 15 is 0 Å². The largest absolute Gasteiger partial charge is 0.378 e. The van der Waals surface area contributed by atoms with E-state index in [1.54, 1.807) is 0 Å². The van der Waals surface area contributed by atoms with E-state index in [0.29, 0.717) is 16.9 Å². The Labute approximate surface area is 91.5 Å². The Bertz CT molecular complexity index is 575. The maximum atomic E-state index is 11.6. The molecular weight excluding hydrogens is 206 g/mol. The number of benzene rings is 1. The zero-order valence-electron chi connectivity index (χ0n) is 8.56. The quantitative estimate of drug-likeness (QED) is 0.778. The summed E-state index contributed by atoms with van der Waals surface area (Å²) in [7, 11) is 0. The molecule has 0 spiro atoms. The van der Waals surface area contributed by atoms with Gasteiger partial charge in [-0.05, 0) is 18.2 Å². The fourth-order valence-corrected chi connectivity index (χ4v) is 1.71. The molecule has 1 aliphatic heterocycles. The van der Waals surface area contributed by atoms with Gasteiger partial charge in [-0.15, -0.1) is 0 Å². The summed E-state index contributed by atoms with van der Waals surface area (Å²) >= 11 is 0. The number of aromatic nitrogens is 2. The van der Waals surface area contributed by atoms with Crippen LogP contribution in [0.1, 0.15) is 0 Å². The van der Waals surface area contributed by atoms with E-state index in [-0.39, 0.29) is 5.56 Å². The number of nitrogens with zero attached hydrogens (tertiary/aromatic N) is 1.